The Morgan fingerprint density at radius 3 is 2.12 bits per heavy atom. The van der Waals surface area contributed by atoms with Gasteiger partial charge in [-0.2, -0.15) is 0 Å². The van der Waals surface area contributed by atoms with Crippen LogP contribution in [0.25, 0.3) is 0 Å². The van der Waals surface area contributed by atoms with Crippen LogP contribution in [0.3, 0.4) is 0 Å². The summed E-state index contributed by atoms with van der Waals surface area (Å²) in [5, 5.41) is 0. The molecule has 0 amide bonds. The molecule has 0 aromatic rings. The summed E-state index contributed by atoms with van der Waals surface area (Å²) in [6.45, 7) is 2.95. The third-order valence-electron chi connectivity index (χ3n) is 3.33. The summed E-state index contributed by atoms with van der Waals surface area (Å²) in [5.41, 5.74) is 5.50. The first-order valence-corrected chi connectivity index (χ1v) is 9.11. The van der Waals surface area contributed by atoms with E-state index in [0.717, 1.165) is 25.8 Å². The molecular weight excluding hydrogens is 230 g/mol. The second kappa shape index (κ2) is 12.6. The van der Waals surface area contributed by atoms with E-state index in [1.165, 1.54) is 38.5 Å². The summed E-state index contributed by atoms with van der Waals surface area (Å²) < 4.78 is 0. The third kappa shape index (κ3) is 12.3. The molecule has 0 radical (unpaired) electrons. The third-order valence-corrected chi connectivity index (χ3v) is 4.41. The molecule has 0 aromatic carbocycles. The number of hydrogen-bond donors (Lipinski definition) is 3. The molecule has 0 bridgehead atoms. The molecule has 17 heavy (non-hydrogen) atoms. The molecule has 0 fully saturated rings. The van der Waals surface area contributed by atoms with Crippen molar-refractivity contribution in [2.75, 3.05) is 6.54 Å². The minimum absolute atomic E-state index is 0.497. The zero-order valence-electron chi connectivity index (χ0n) is 11.4. The van der Waals surface area contributed by atoms with E-state index in [-0.39, 0.29) is 0 Å². The standard InChI is InChI=1S/C13H31NO2Si/c1-2-3-4-5-6-7-9-13(10-8-11-14)12-17(15)16/h13,15-17H,2-12,14H2,1H3. The molecule has 3 nitrogen and oxygen atoms in total. The molecule has 1 atom stereocenters. The Kier molecular flexibility index (Phi) is 12.6. The second-order valence-corrected chi connectivity index (χ2v) is 6.50. The van der Waals surface area contributed by atoms with Gasteiger partial charge in [-0.1, -0.05) is 51.9 Å². The average Bonchev–Trinajstić information content (AvgIpc) is 2.29. The monoisotopic (exact) mass is 261 g/mol. The quantitative estimate of drug-likeness (QED) is 0.373. The van der Waals surface area contributed by atoms with Gasteiger partial charge in [-0.15, -0.1) is 0 Å². The van der Waals surface area contributed by atoms with Crippen LogP contribution in [0, 0.1) is 5.92 Å². The number of rotatable bonds is 12. The highest BCUT2D eigenvalue weighted by molar-refractivity contribution is 6.41. The molecule has 0 aliphatic carbocycles. The molecule has 0 aliphatic rings. The Hall–Kier alpha value is 0.0969. The molecule has 0 aromatic heterocycles. The molecule has 0 rings (SSSR count). The molecule has 0 saturated carbocycles. The van der Waals surface area contributed by atoms with Crippen LogP contribution in [0.2, 0.25) is 6.04 Å². The lowest BCUT2D eigenvalue weighted by molar-refractivity contribution is 0.364. The molecule has 0 spiro atoms. The lowest BCUT2D eigenvalue weighted by Crippen LogP contribution is -2.17. The zero-order valence-corrected chi connectivity index (χ0v) is 12.6. The molecule has 0 aliphatic heterocycles. The Labute approximate surface area is 108 Å². The normalized spacial score (nSPS) is 13.2. The Balaban J connectivity index is 3.53. The predicted octanol–water partition coefficient (Wildman–Crippen LogP) is 2.30. The van der Waals surface area contributed by atoms with Gasteiger partial charge in [0.1, 0.15) is 0 Å². The van der Waals surface area contributed by atoms with Crippen molar-refractivity contribution in [2.24, 2.45) is 11.7 Å². The van der Waals surface area contributed by atoms with E-state index >= 15 is 0 Å². The van der Waals surface area contributed by atoms with E-state index in [9.17, 15) is 0 Å². The fourth-order valence-electron chi connectivity index (χ4n) is 2.30. The smallest absolute Gasteiger partial charge is 0.316 e. The van der Waals surface area contributed by atoms with Crippen LogP contribution >= 0.6 is 0 Å². The first-order chi connectivity index (χ1) is 8.20. The van der Waals surface area contributed by atoms with E-state index in [0.29, 0.717) is 12.0 Å². The average molecular weight is 261 g/mol. The molecule has 0 saturated heterocycles. The van der Waals surface area contributed by atoms with Crippen LogP contribution in [0.4, 0.5) is 0 Å². The van der Waals surface area contributed by atoms with Crippen molar-refractivity contribution >= 4 is 9.28 Å². The maximum absolute atomic E-state index is 9.16. The van der Waals surface area contributed by atoms with Crippen molar-refractivity contribution in [3.05, 3.63) is 0 Å². The minimum atomic E-state index is -2.38. The first-order valence-electron chi connectivity index (χ1n) is 7.26. The van der Waals surface area contributed by atoms with Crippen molar-refractivity contribution in [1.82, 2.24) is 0 Å². The minimum Gasteiger partial charge on any atom is -0.413 e. The van der Waals surface area contributed by atoms with Crippen LogP contribution in [-0.2, 0) is 0 Å². The van der Waals surface area contributed by atoms with Gasteiger partial charge in [-0.3, -0.25) is 0 Å². The van der Waals surface area contributed by atoms with Gasteiger partial charge in [0.25, 0.3) is 0 Å². The van der Waals surface area contributed by atoms with E-state index in [1.54, 1.807) is 0 Å². The van der Waals surface area contributed by atoms with Gasteiger partial charge in [0, 0.05) is 0 Å². The predicted molar refractivity (Wildman–Crippen MR) is 76.2 cm³/mol. The summed E-state index contributed by atoms with van der Waals surface area (Å²) in [6, 6.07) is 0.648. The maximum atomic E-state index is 9.16. The SMILES string of the molecule is CCCCCCCCC(CCCN)C[SiH](O)O. The van der Waals surface area contributed by atoms with E-state index in [2.05, 4.69) is 6.92 Å². The van der Waals surface area contributed by atoms with Gasteiger partial charge in [-0.25, -0.2) is 0 Å². The Bertz CT molecular complexity index is 156. The lowest BCUT2D eigenvalue weighted by Gasteiger charge is -2.16. The first kappa shape index (κ1) is 17.1. The Morgan fingerprint density at radius 2 is 1.53 bits per heavy atom. The van der Waals surface area contributed by atoms with E-state index in [1.807, 2.05) is 0 Å². The summed E-state index contributed by atoms with van der Waals surface area (Å²) in [7, 11) is -2.38. The number of hydrogen-bond acceptors (Lipinski definition) is 3. The molecule has 4 N–H and O–H groups in total. The summed E-state index contributed by atoms with van der Waals surface area (Å²) in [6.07, 6.45) is 11.1. The molecule has 1 unspecified atom stereocenters. The van der Waals surface area contributed by atoms with Gasteiger partial charge in [0.15, 0.2) is 0 Å². The van der Waals surface area contributed by atoms with Gasteiger partial charge in [-0.05, 0) is 31.3 Å². The van der Waals surface area contributed by atoms with Crippen LogP contribution in [0.15, 0.2) is 0 Å². The highest BCUT2D eigenvalue weighted by atomic mass is 28.3. The van der Waals surface area contributed by atoms with Gasteiger partial charge >= 0.3 is 9.28 Å². The molecule has 4 heteroatoms. The van der Waals surface area contributed by atoms with Crippen molar-refractivity contribution in [3.63, 3.8) is 0 Å². The van der Waals surface area contributed by atoms with Crippen LogP contribution in [0.5, 0.6) is 0 Å². The van der Waals surface area contributed by atoms with Crippen molar-refractivity contribution < 1.29 is 9.59 Å². The summed E-state index contributed by atoms with van der Waals surface area (Å²) in [5.74, 6) is 0.497. The van der Waals surface area contributed by atoms with Gasteiger partial charge < -0.3 is 15.3 Å². The summed E-state index contributed by atoms with van der Waals surface area (Å²) in [4.78, 5) is 18.3. The summed E-state index contributed by atoms with van der Waals surface area (Å²) >= 11 is 0. The highest BCUT2D eigenvalue weighted by Crippen LogP contribution is 2.21. The largest absolute Gasteiger partial charge is 0.413 e. The fourth-order valence-corrected chi connectivity index (χ4v) is 3.37. The highest BCUT2D eigenvalue weighted by Gasteiger charge is 2.13. The number of nitrogens with two attached hydrogens (primary N) is 1. The zero-order chi connectivity index (χ0) is 12.9. The van der Waals surface area contributed by atoms with Crippen molar-refractivity contribution in [2.45, 2.75) is 70.8 Å². The van der Waals surface area contributed by atoms with Crippen LogP contribution in [0.1, 0.15) is 64.7 Å². The van der Waals surface area contributed by atoms with Gasteiger partial charge in [0.05, 0.1) is 0 Å². The maximum Gasteiger partial charge on any atom is 0.316 e. The van der Waals surface area contributed by atoms with Crippen molar-refractivity contribution in [1.29, 1.82) is 0 Å². The van der Waals surface area contributed by atoms with Gasteiger partial charge in [0.2, 0.25) is 0 Å². The van der Waals surface area contributed by atoms with Crippen LogP contribution in [-0.4, -0.2) is 25.4 Å². The molecular formula is C13H31NO2Si. The second-order valence-electron chi connectivity index (χ2n) is 5.07. The lowest BCUT2D eigenvalue weighted by atomic mass is 9.97. The molecule has 104 valence electrons. The topological polar surface area (TPSA) is 66.5 Å². The fraction of sp³-hybridized carbons (Fsp3) is 1.00. The van der Waals surface area contributed by atoms with E-state index < -0.39 is 9.28 Å². The van der Waals surface area contributed by atoms with E-state index in [4.69, 9.17) is 15.3 Å². The number of unbranched alkanes of at least 4 members (excludes halogenated alkanes) is 5. The molecule has 0 heterocycles. The Morgan fingerprint density at radius 1 is 0.941 bits per heavy atom. The van der Waals surface area contributed by atoms with Crippen LogP contribution < -0.4 is 5.73 Å². The van der Waals surface area contributed by atoms with Crippen molar-refractivity contribution in [3.8, 4) is 0 Å².